The summed E-state index contributed by atoms with van der Waals surface area (Å²) in [4.78, 5) is 18.5. The molecule has 1 fully saturated rings. The Balaban J connectivity index is 0.000000991. The fourth-order valence-corrected chi connectivity index (χ4v) is 7.62. The third-order valence-electron chi connectivity index (χ3n) is 11.3. The Kier molecular flexibility index (Phi) is 40.9. The van der Waals surface area contributed by atoms with E-state index in [1.807, 2.05) is 0 Å². The fraction of sp³-hybridized carbons (Fsp3) is 0.978. The van der Waals surface area contributed by atoms with E-state index in [-0.39, 0.29) is 0 Å². The maximum atomic E-state index is 10.8. The molecule has 50 heavy (non-hydrogen) atoms. The average molecular weight is 706 g/mol. The molecule has 300 valence electrons. The summed E-state index contributed by atoms with van der Waals surface area (Å²) in [5.41, 5.74) is 0. The molecule has 1 rings (SSSR count). The lowest BCUT2D eigenvalue weighted by atomic mass is 9.93. The van der Waals surface area contributed by atoms with Crippen molar-refractivity contribution in [3.05, 3.63) is 0 Å². The number of hydrogen-bond donors (Lipinski definition) is 0. The quantitative estimate of drug-likeness (QED) is 0.0475. The third-order valence-corrected chi connectivity index (χ3v) is 11.3. The molecule has 4 heteroatoms. The van der Waals surface area contributed by atoms with Crippen molar-refractivity contribution in [2.24, 2.45) is 5.92 Å². The summed E-state index contributed by atoms with van der Waals surface area (Å²) >= 11 is 0. The highest BCUT2D eigenvalue weighted by molar-refractivity contribution is 5.51. The van der Waals surface area contributed by atoms with E-state index in [1.54, 1.807) is 0 Å². The lowest BCUT2D eigenvalue weighted by molar-refractivity contribution is -0.108. The normalized spacial score (nSPS) is 14.1. The van der Waals surface area contributed by atoms with Crippen LogP contribution in [0.25, 0.3) is 0 Å². The van der Waals surface area contributed by atoms with Crippen LogP contribution in [0.4, 0.5) is 0 Å². The molecule has 0 amide bonds. The molecule has 0 aliphatic carbocycles. The van der Waals surface area contributed by atoms with E-state index >= 15 is 0 Å². The fourth-order valence-electron chi connectivity index (χ4n) is 7.62. The van der Waals surface area contributed by atoms with Gasteiger partial charge >= 0.3 is 0 Å². The van der Waals surface area contributed by atoms with Crippen LogP contribution in [-0.4, -0.2) is 80.4 Å². The van der Waals surface area contributed by atoms with E-state index in [1.165, 1.54) is 232 Å². The first-order valence-electron chi connectivity index (χ1n) is 23.2. The third kappa shape index (κ3) is 35.9. The summed E-state index contributed by atoms with van der Waals surface area (Å²) in [7, 11) is 2.28. The highest BCUT2D eigenvalue weighted by Crippen LogP contribution is 2.20. The van der Waals surface area contributed by atoms with Crippen LogP contribution in [0.2, 0.25) is 0 Å². The number of hydrogen-bond acceptors (Lipinski definition) is 4. The largest absolute Gasteiger partial charge is 0.306 e. The number of nitrogens with zero attached hydrogens (tertiary/aromatic N) is 3. The molecule has 1 saturated heterocycles. The van der Waals surface area contributed by atoms with Gasteiger partial charge in [0.1, 0.15) is 6.29 Å². The first-order valence-corrected chi connectivity index (χ1v) is 23.2. The molecule has 0 spiro atoms. The van der Waals surface area contributed by atoms with Crippen LogP contribution in [0.15, 0.2) is 0 Å². The molecular formula is C46H95N3O. The Labute approximate surface area is 317 Å². The highest BCUT2D eigenvalue weighted by Gasteiger charge is 2.17. The maximum Gasteiger partial charge on any atom is 0.133 e. The van der Waals surface area contributed by atoms with Gasteiger partial charge in [-0.2, -0.15) is 0 Å². The average Bonchev–Trinajstić information content (AvgIpc) is 3.12. The van der Waals surface area contributed by atoms with E-state index in [4.69, 9.17) is 0 Å². The molecule has 4 nitrogen and oxygen atoms in total. The second-order valence-corrected chi connectivity index (χ2v) is 16.3. The van der Waals surface area contributed by atoms with Gasteiger partial charge in [0, 0.05) is 0 Å². The summed E-state index contributed by atoms with van der Waals surface area (Å²) in [5.74, 6) is 0.988. The van der Waals surface area contributed by atoms with Crippen LogP contribution in [0.3, 0.4) is 0 Å². The number of rotatable bonds is 37. The van der Waals surface area contributed by atoms with Crippen LogP contribution in [-0.2, 0) is 4.79 Å². The first kappa shape index (κ1) is 49.6. The van der Waals surface area contributed by atoms with Crippen LogP contribution in [0.1, 0.15) is 227 Å². The van der Waals surface area contributed by atoms with Crippen molar-refractivity contribution in [3.63, 3.8) is 0 Å². The minimum Gasteiger partial charge on any atom is -0.306 e. The minimum atomic E-state index is 0.631. The number of carbonyl (C=O) groups excluding carboxylic acids is 1. The van der Waals surface area contributed by atoms with Gasteiger partial charge < -0.3 is 14.6 Å². The Morgan fingerprint density at radius 1 is 0.440 bits per heavy atom. The smallest absolute Gasteiger partial charge is 0.133 e. The molecule has 1 aliphatic rings. The van der Waals surface area contributed by atoms with Crippen molar-refractivity contribution in [1.29, 1.82) is 0 Å². The summed E-state index contributed by atoms with van der Waals surface area (Å²) in [5, 5.41) is 0. The zero-order chi connectivity index (χ0) is 36.6. The molecule has 0 atom stereocenters. The minimum absolute atomic E-state index is 0.631. The first-order chi connectivity index (χ1) is 24.6. The van der Waals surface area contributed by atoms with Gasteiger partial charge in [-0.1, -0.05) is 182 Å². The Bertz CT molecular complexity index is 599. The lowest BCUT2D eigenvalue weighted by Gasteiger charge is -2.31. The summed E-state index contributed by atoms with van der Waals surface area (Å²) in [6, 6.07) is 0. The van der Waals surface area contributed by atoms with Gasteiger partial charge in [0.25, 0.3) is 0 Å². The van der Waals surface area contributed by atoms with Gasteiger partial charge in [-0.3, -0.25) is 4.90 Å². The molecule has 0 aromatic rings. The van der Waals surface area contributed by atoms with Crippen LogP contribution in [0, 0.1) is 5.92 Å². The molecule has 0 unspecified atom stereocenters. The lowest BCUT2D eigenvalue weighted by Crippen LogP contribution is -2.33. The zero-order valence-electron chi connectivity index (χ0n) is 35.5. The Hall–Kier alpha value is -0.450. The number of likely N-dealkylation sites (tertiary alicyclic amines) is 1. The van der Waals surface area contributed by atoms with Gasteiger partial charge in [0.05, 0.1) is 6.54 Å². The molecule has 0 saturated carbocycles. The zero-order valence-corrected chi connectivity index (χ0v) is 35.5. The molecule has 0 aromatic heterocycles. The van der Waals surface area contributed by atoms with E-state index < -0.39 is 0 Å². The molecule has 0 aromatic carbocycles. The van der Waals surface area contributed by atoms with Crippen LogP contribution >= 0.6 is 0 Å². The van der Waals surface area contributed by atoms with Gasteiger partial charge in [0.2, 0.25) is 0 Å². The van der Waals surface area contributed by atoms with E-state index in [2.05, 4.69) is 49.4 Å². The number of piperidine rings is 1. The van der Waals surface area contributed by atoms with Crippen molar-refractivity contribution < 1.29 is 4.79 Å². The van der Waals surface area contributed by atoms with Gasteiger partial charge in [0.15, 0.2) is 0 Å². The van der Waals surface area contributed by atoms with E-state index in [0.717, 1.165) is 25.3 Å². The molecule has 1 aliphatic heterocycles. The molecule has 0 radical (unpaired) electrons. The van der Waals surface area contributed by atoms with Crippen molar-refractivity contribution >= 4 is 6.29 Å². The molecular weight excluding hydrogens is 611 g/mol. The second-order valence-electron chi connectivity index (χ2n) is 16.3. The van der Waals surface area contributed by atoms with Crippen molar-refractivity contribution in [2.75, 3.05) is 59.4 Å². The monoisotopic (exact) mass is 706 g/mol. The number of carbonyl (C=O) groups is 1. The Morgan fingerprint density at radius 2 is 0.740 bits per heavy atom. The molecule has 0 N–H and O–H groups in total. The second kappa shape index (κ2) is 41.3. The van der Waals surface area contributed by atoms with Crippen molar-refractivity contribution in [1.82, 2.24) is 14.7 Å². The topological polar surface area (TPSA) is 26.8 Å². The van der Waals surface area contributed by atoms with Gasteiger partial charge in [-0.25, -0.2) is 0 Å². The van der Waals surface area contributed by atoms with Gasteiger partial charge in [-0.15, -0.1) is 0 Å². The SMILES string of the molecule is CCCCCCCCCN(CC=O)CCCCCCCCC.CCCCCCCCCN(CCCCCCCCC)CCC1CCN(C)CC1. The van der Waals surface area contributed by atoms with Crippen molar-refractivity contribution in [3.8, 4) is 0 Å². The Morgan fingerprint density at radius 3 is 1.06 bits per heavy atom. The van der Waals surface area contributed by atoms with E-state index in [0.29, 0.717) is 6.54 Å². The predicted octanol–water partition coefficient (Wildman–Crippen LogP) is 13.5. The molecule has 0 bridgehead atoms. The van der Waals surface area contributed by atoms with Gasteiger partial charge in [-0.05, 0) is 104 Å². The summed E-state index contributed by atoms with van der Waals surface area (Å²) in [6.45, 7) is 18.7. The summed E-state index contributed by atoms with van der Waals surface area (Å²) < 4.78 is 0. The predicted molar refractivity (Wildman–Crippen MR) is 226 cm³/mol. The van der Waals surface area contributed by atoms with Crippen LogP contribution in [0.5, 0.6) is 0 Å². The standard InChI is InChI=1S/C26H54N2.C20H41NO/c1-4-6-8-10-12-14-16-21-28(22-17-15-13-11-9-7-5-2)25-20-26-18-23-27(3)24-19-26;1-3-5-7-9-11-13-15-17-21(19-20-22)18-16-14-12-10-8-6-4-2/h26H,4-25H2,1-3H3;20H,3-19H2,1-2H3. The number of aldehydes is 1. The van der Waals surface area contributed by atoms with E-state index in [9.17, 15) is 4.79 Å². The number of unbranched alkanes of at least 4 members (excludes halogenated alkanes) is 24. The molecule has 1 heterocycles. The summed E-state index contributed by atoms with van der Waals surface area (Å²) in [6.07, 6.45) is 44.4. The van der Waals surface area contributed by atoms with Crippen LogP contribution < -0.4 is 0 Å². The maximum absolute atomic E-state index is 10.8. The highest BCUT2D eigenvalue weighted by atomic mass is 16.1. The van der Waals surface area contributed by atoms with Crippen molar-refractivity contribution in [2.45, 2.75) is 227 Å².